The number of hydrogen-bond acceptors (Lipinski definition) is 2. The Labute approximate surface area is 101 Å². The Kier molecular flexibility index (Phi) is 4.48. The van der Waals surface area contributed by atoms with Crippen LogP contribution in [0.3, 0.4) is 0 Å². The van der Waals surface area contributed by atoms with Gasteiger partial charge in [0, 0.05) is 0 Å². The number of carbonyl (C=O) groups is 2. The van der Waals surface area contributed by atoms with E-state index in [2.05, 4.69) is 0 Å². The van der Waals surface area contributed by atoms with E-state index in [-0.39, 0.29) is 5.78 Å². The quantitative estimate of drug-likeness (QED) is 0.527. The maximum atomic E-state index is 11.3. The molecular formula is C11H9IO3. The lowest BCUT2D eigenvalue weighted by Crippen LogP contribution is -2.05. The molecular weight excluding hydrogens is 307 g/mol. The fraction of sp³-hybridized carbons (Fsp3) is 0.0909. The number of hydrogen-bond donors (Lipinski definition) is 1. The smallest absolute Gasteiger partial charge is 0.311 e. The van der Waals surface area contributed by atoms with Gasteiger partial charge in [-0.25, -0.2) is 0 Å². The van der Waals surface area contributed by atoms with E-state index >= 15 is 0 Å². The van der Waals surface area contributed by atoms with Gasteiger partial charge in [0.1, 0.15) is 6.42 Å². The Morgan fingerprint density at radius 1 is 1.27 bits per heavy atom. The average molecular weight is 316 g/mol. The first-order chi connectivity index (χ1) is 7.09. The van der Waals surface area contributed by atoms with Gasteiger partial charge < -0.3 is 5.11 Å². The lowest BCUT2D eigenvalue weighted by Gasteiger charge is -1.96. The van der Waals surface area contributed by atoms with Gasteiger partial charge in [-0.3, -0.25) is 9.59 Å². The molecule has 0 heterocycles. The highest BCUT2D eigenvalue weighted by molar-refractivity contribution is 14.1. The van der Waals surface area contributed by atoms with Crippen LogP contribution >= 0.6 is 22.6 Å². The Morgan fingerprint density at radius 2 is 1.87 bits per heavy atom. The Hall–Kier alpha value is -1.17. The zero-order valence-corrected chi connectivity index (χ0v) is 9.97. The molecule has 4 heteroatoms. The monoisotopic (exact) mass is 316 g/mol. The highest BCUT2D eigenvalue weighted by atomic mass is 127. The molecule has 0 aliphatic carbocycles. The van der Waals surface area contributed by atoms with Gasteiger partial charge in [-0.1, -0.05) is 30.3 Å². The summed E-state index contributed by atoms with van der Waals surface area (Å²) in [6.45, 7) is 0. The third kappa shape index (κ3) is 4.24. The Morgan fingerprint density at radius 3 is 2.40 bits per heavy atom. The molecule has 0 aliphatic heterocycles. The molecule has 1 N–H and O–H groups in total. The number of Topliss-reactive ketones (excluding diaryl/α,β-unsaturated/α-hetero) is 1. The first-order valence-corrected chi connectivity index (χ1v) is 5.34. The molecule has 3 nitrogen and oxygen atoms in total. The average Bonchev–Trinajstić information content (AvgIpc) is 2.18. The zero-order valence-electron chi connectivity index (χ0n) is 7.81. The summed E-state index contributed by atoms with van der Waals surface area (Å²) in [5.41, 5.74) is 0.889. The predicted molar refractivity (Wildman–Crippen MR) is 65.7 cm³/mol. The van der Waals surface area contributed by atoms with Crippen LogP contribution in [0.2, 0.25) is 0 Å². The SMILES string of the molecule is O=C(O)CC(=O)C(I)=Cc1ccccc1. The maximum Gasteiger partial charge on any atom is 0.311 e. The maximum absolute atomic E-state index is 11.3. The number of carboxylic acid groups (broad SMARTS) is 1. The lowest BCUT2D eigenvalue weighted by molar-refractivity contribution is -0.139. The molecule has 0 unspecified atom stereocenters. The van der Waals surface area contributed by atoms with Crippen LogP contribution in [-0.4, -0.2) is 16.9 Å². The zero-order chi connectivity index (χ0) is 11.3. The van der Waals surface area contributed by atoms with Crippen LogP contribution in [-0.2, 0) is 9.59 Å². The molecule has 0 atom stereocenters. The van der Waals surface area contributed by atoms with Crippen molar-refractivity contribution in [2.75, 3.05) is 0 Å². The van der Waals surface area contributed by atoms with Crippen LogP contribution < -0.4 is 0 Å². The Balaban J connectivity index is 2.76. The first-order valence-electron chi connectivity index (χ1n) is 4.27. The summed E-state index contributed by atoms with van der Waals surface area (Å²) in [7, 11) is 0. The standard InChI is InChI=1S/C11H9IO3/c12-9(10(13)7-11(14)15)6-8-4-2-1-3-5-8/h1-6H,7H2,(H,14,15). The molecule has 0 radical (unpaired) electrons. The minimum absolute atomic E-state index is 0.369. The molecule has 15 heavy (non-hydrogen) atoms. The number of allylic oxidation sites excluding steroid dienone is 1. The van der Waals surface area contributed by atoms with E-state index in [9.17, 15) is 9.59 Å². The molecule has 0 bridgehead atoms. The van der Waals surface area contributed by atoms with E-state index < -0.39 is 12.4 Å². The highest BCUT2D eigenvalue weighted by Gasteiger charge is 2.10. The molecule has 0 amide bonds. The summed E-state index contributed by atoms with van der Waals surface area (Å²) in [5.74, 6) is -1.47. The molecule has 0 aliphatic rings. The second-order valence-corrected chi connectivity index (χ2v) is 4.06. The van der Waals surface area contributed by atoms with Crippen molar-refractivity contribution in [3.8, 4) is 0 Å². The molecule has 0 saturated heterocycles. The van der Waals surface area contributed by atoms with Gasteiger partial charge in [0.15, 0.2) is 5.78 Å². The van der Waals surface area contributed by atoms with Crippen LogP contribution in [0.1, 0.15) is 12.0 Å². The number of aliphatic carboxylic acids is 1. The van der Waals surface area contributed by atoms with Gasteiger partial charge in [0.25, 0.3) is 0 Å². The molecule has 1 aromatic carbocycles. The molecule has 78 valence electrons. The molecule has 1 rings (SSSR count). The second kappa shape index (κ2) is 5.65. The third-order valence-corrected chi connectivity index (χ3v) is 2.58. The summed E-state index contributed by atoms with van der Waals surface area (Å²) >= 11 is 1.85. The predicted octanol–water partition coefficient (Wildman–Crippen LogP) is 2.51. The number of halogens is 1. The van der Waals surface area contributed by atoms with Crippen LogP contribution in [0, 0.1) is 0 Å². The first kappa shape index (κ1) is 11.9. The molecule has 0 aromatic heterocycles. The van der Waals surface area contributed by atoms with Crippen molar-refractivity contribution in [3.63, 3.8) is 0 Å². The largest absolute Gasteiger partial charge is 0.481 e. The molecule has 0 fully saturated rings. The van der Waals surface area contributed by atoms with E-state index in [1.807, 2.05) is 52.9 Å². The van der Waals surface area contributed by atoms with Gasteiger partial charge in [0.05, 0.1) is 3.58 Å². The van der Waals surface area contributed by atoms with Crippen LogP contribution in [0.15, 0.2) is 33.9 Å². The van der Waals surface area contributed by atoms with Crippen molar-refractivity contribution in [1.29, 1.82) is 0 Å². The summed E-state index contributed by atoms with van der Waals surface area (Å²) in [5, 5.41) is 8.45. The number of rotatable bonds is 4. The van der Waals surface area contributed by atoms with Gasteiger partial charge in [-0.15, -0.1) is 0 Å². The summed E-state index contributed by atoms with van der Waals surface area (Å²) in [6, 6.07) is 9.30. The second-order valence-electron chi connectivity index (χ2n) is 2.90. The Bertz CT molecular complexity index is 396. The van der Waals surface area contributed by atoms with Gasteiger partial charge in [-0.2, -0.15) is 0 Å². The topological polar surface area (TPSA) is 54.4 Å². The fourth-order valence-corrected chi connectivity index (χ4v) is 1.55. The van der Waals surface area contributed by atoms with Crippen molar-refractivity contribution in [1.82, 2.24) is 0 Å². The van der Waals surface area contributed by atoms with E-state index in [1.165, 1.54) is 0 Å². The van der Waals surface area contributed by atoms with E-state index in [0.717, 1.165) is 5.56 Å². The van der Waals surface area contributed by atoms with Crippen LogP contribution in [0.4, 0.5) is 0 Å². The van der Waals surface area contributed by atoms with Crippen molar-refractivity contribution in [2.24, 2.45) is 0 Å². The van der Waals surface area contributed by atoms with E-state index in [4.69, 9.17) is 5.11 Å². The van der Waals surface area contributed by atoms with Crippen molar-refractivity contribution in [2.45, 2.75) is 6.42 Å². The minimum Gasteiger partial charge on any atom is -0.481 e. The number of benzene rings is 1. The summed E-state index contributed by atoms with van der Waals surface area (Å²) in [6.07, 6.45) is 1.22. The molecule has 0 saturated carbocycles. The normalized spacial score (nSPS) is 11.1. The number of carbonyl (C=O) groups excluding carboxylic acids is 1. The summed E-state index contributed by atoms with van der Waals surface area (Å²) in [4.78, 5) is 21.6. The van der Waals surface area contributed by atoms with Crippen LogP contribution in [0.25, 0.3) is 6.08 Å². The minimum atomic E-state index is -1.10. The number of carboxylic acids is 1. The third-order valence-electron chi connectivity index (χ3n) is 1.67. The summed E-state index contributed by atoms with van der Waals surface area (Å²) < 4.78 is 0.432. The van der Waals surface area contributed by atoms with Gasteiger partial charge in [-0.05, 0) is 34.2 Å². The van der Waals surface area contributed by atoms with Crippen molar-refractivity contribution >= 4 is 40.4 Å². The highest BCUT2D eigenvalue weighted by Crippen LogP contribution is 2.15. The van der Waals surface area contributed by atoms with Crippen molar-refractivity contribution < 1.29 is 14.7 Å². The molecule has 1 aromatic rings. The molecule has 0 spiro atoms. The van der Waals surface area contributed by atoms with Gasteiger partial charge >= 0.3 is 5.97 Å². The van der Waals surface area contributed by atoms with E-state index in [0.29, 0.717) is 3.58 Å². The van der Waals surface area contributed by atoms with Crippen LogP contribution in [0.5, 0.6) is 0 Å². The lowest BCUT2D eigenvalue weighted by atomic mass is 10.2. The van der Waals surface area contributed by atoms with Crippen molar-refractivity contribution in [3.05, 3.63) is 39.5 Å². The number of ketones is 1. The van der Waals surface area contributed by atoms with E-state index in [1.54, 1.807) is 6.08 Å². The fourth-order valence-electron chi connectivity index (χ4n) is 0.998. The van der Waals surface area contributed by atoms with Gasteiger partial charge in [0.2, 0.25) is 0 Å².